The molecule has 6 nitrogen and oxygen atoms in total. The first-order chi connectivity index (χ1) is 10.2. The van der Waals surface area contributed by atoms with E-state index in [1.807, 2.05) is 42.1 Å². The molecule has 3 rings (SSSR count). The minimum Gasteiger partial charge on any atom is -0.485 e. The molecular formula is C15H15N3O3. The molecule has 1 amide bonds. The van der Waals surface area contributed by atoms with Crippen molar-refractivity contribution in [1.29, 1.82) is 0 Å². The molecule has 1 aromatic heterocycles. The molecule has 1 aliphatic rings. The van der Waals surface area contributed by atoms with Gasteiger partial charge in [-0.25, -0.2) is 5.43 Å². The standard InChI is InChI=1S/C15H15N3O3/c1-18-8-4-5-11(18)9-16-17-15(19)14-10-20-12-6-2-3-7-13(12)21-14/h2-9,14H,10H2,1H3,(H,17,19)/t14-/m0/s1. The van der Waals surface area contributed by atoms with Crippen LogP contribution in [0.2, 0.25) is 0 Å². The van der Waals surface area contributed by atoms with Gasteiger partial charge in [0.1, 0.15) is 6.61 Å². The average Bonchev–Trinajstić information content (AvgIpc) is 2.92. The minimum absolute atomic E-state index is 0.169. The zero-order chi connectivity index (χ0) is 14.7. The van der Waals surface area contributed by atoms with Gasteiger partial charge in [0.15, 0.2) is 11.5 Å². The first-order valence-corrected chi connectivity index (χ1v) is 6.57. The Morgan fingerprint density at radius 3 is 2.90 bits per heavy atom. The second-order valence-corrected chi connectivity index (χ2v) is 4.64. The lowest BCUT2D eigenvalue weighted by Crippen LogP contribution is -2.42. The summed E-state index contributed by atoms with van der Waals surface area (Å²) >= 11 is 0. The van der Waals surface area contributed by atoms with Crippen LogP contribution >= 0.6 is 0 Å². The number of nitrogens with zero attached hydrogens (tertiary/aromatic N) is 2. The Labute approximate surface area is 122 Å². The van der Waals surface area contributed by atoms with Crippen molar-refractivity contribution in [1.82, 2.24) is 9.99 Å². The fourth-order valence-corrected chi connectivity index (χ4v) is 1.99. The number of carbonyl (C=O) groups excluding carboxylic acids is 1. The normalized spacial score (nSPS) is 16.9. The highest BCUT2D eigenvalue weighted by atomic mass is 16.6. The smallest absolute Gasteiger partial charge is 0.284 e. The first kappa shape index (κ1) is 13.2. The van der Waals surface area contributed by atoms with Crippen molar-refractivity contribution in [3.63, 3.8) is 0 Å². The number of aromatic nitrogens is 1. The summed E-state index contributed by atoms with van der Waals surface area (Å²) in [6, 6.07) is 11.0. The molecule has 2 aromatic rings. The van der Waals surface area contributed by atoms with Crippen LogP contribution in [0, 0.1) is 0 Å². The number of aryl methyl sites for hydroxylation is 1. The summed E-state index contributed by atoms with van der Waals surface area (Å²) in [7, 11) is 1.90. The number of ether oxygens (including phenoxy) is 2. The van der Waals surface area contributed by atoms with Gasteiger partial charge in [-0.15, -0.1) is 0 Å². The number of para-hydroxylation sites is 2. The van der Waals surface area contributed by atoms with Gasteiger partial charge in [0.2, 0.25) is 6.10 Å². The molecule has 0 unspecified atom stereocenters. The average molecular weight is 285 g/mol. The van der Waals surface area contributed by atoms with Crippen LogP contribution < -0.4 is 14.9 Å². The molecule has 2 heterocycles. The van der Waals surface area contributed by atoms with E-state index in [0.717, 1.165) is 5.69 Å². The van der Waals surface area contributed by atoms with Gasteiger partial charge in [0, 0.05) is 13.2 Å². The van der Waals surface area contributed by atoms with Gasteiger partial charge < -0.3 is 14.0 Å². The van der Waals surface area contributed by atoms with Crippen LogP contribution in [0.3, 0.4) is 0 Å². The van der Waals surface area contributed by atoms with Gasteiger partial charge >= 0.3 is 0 Å². The van der Waals surface area contributed by atoms with Gasteiger partial charge in [0.05, 0.1) is 11.9 Å². The summed E-state index contributed by atoms with van der Waals surface area (Å²) in [5.41, 5.74) is 3.35. The van der Waals surface area contributed by atoms with Gasteiger partial charge in [-0.3, -0.25) is 4.79 Å². The van der Waals surface area contributed by atoms with E-state index in [0.29, 0.717) is 11.5 Å². The molecule has 0 saturated carbocycles. The molecule has 0 saturated heterocycles. The molecule has 21 heavy (non-hydrogen) atoms. The number of nitrogens with one attached hydrogen (secondary N) is 1. The molecule has 1 aliphatic heterocycles. The van der Waals surface area contributed by atoms with Crippen molar-refractivity contribution in [2.45, 2.75) is 6.10 Å². The van der Waals surface area contributed by atoms with E-state index in [9.17, 15) is 4.79 Å². The number of amides is 1. The molecule has 1 atom stereocenters. The zero-order valence-corrected chi connectivity index (χ0v) is 11.5. The maximum atomic E-state index is 12.0. The van der Waals surface area contributed by atoms with Crippen molar-refractivity contribution in [3.05, 3.63) is 48.3 Å². The van der Waals surface area contributed by atoms with Crippen LogP contribution in [0.1, 0.15) is 5.69 Å². The van der Waals surface area contributed by atoms with Crippen molar-refractivity contribution >= 4 is 12.1 Å². The molecule has 6 heteroatoms. The van der Waals surface area contributed by atoms with E-state index in [1.165, 1.54) is 0 Å². The molecule has 0 fully saturated rings. The van der Waals surface area contributed by atoms with Gasteiger partial charge in [-0.05, 0) is 24.3 Å². The Bertz CT molecular complexity index is 678. The Morgan fingerprint density at radius 1 is 1.33 bits per heavy atom. The van der Waals surface area contributed by atoms with Crippen LogP contribution in [0.15, 0.2) is 47.7 Å². The number of carbonyl (C=O) groups is 1. The highest BCUT2D eigenvalue weighted by Gasteiger charge is 2.26. The minimum atomic E-state index is -0.703. The van der Waals surface area contributed by atoms with Gasteiger partial charge in [-0.1, -0.05) is 12.1 Å². The topological polar surface area (TPSA) is 64.9 Å². The Kier molecular flexibility index (Phi) is 3.59. The molecule has 1 N–H and O–H groups in total. The number of hydrogen-bond donors (Lipinski definition) is 1. The monoisotopic (exact) mass is 285 g/mol. The molecule has 0 spiro atoms. The molecular weight excluding hydrogens is 270 g/mol. The van der Waals surface area contributed by atoms with E-state index >= 15 is 0 Å². The van der Waals surface area contributed by atoms with E-state index in [1.54, 1.807) is 18.3 Å². The number of hydrazone groups is 1. The maximum Gasteiger partial charge on any atom is 0.284 e. The highest BCUT2D eigenvalue weighted by molar-refractivity contribution is 5.84. The largest absolute Gasteiger partial charge is 0.485 e. The number of rotatable bonds is 3. The fraction of sp³-hybridized carbons (Fsp3) is 0.200. The number of benzene rings is 1. The van der Waals surface area contributed by atoms with Crippen LogP contribution in [-0.2, 0) is 11.8 Å². The van der Waals surface area contributed by atoms with Crippen LogP contribution in [0.25, 0.3) is 0 Å². The van der Waals surface area contributed by atoms with Crippen molar-refractivity contribution < 1.29 is 14.3 Å². The lowest BCUT2D eigenvalue weighted by atomic mass is 10.2. The highest BCUT2D eigenvalue weighted by Crippen LogP contribution is 2.30. The predicted octanol–water partition coefficient (Wildman–Crippen LogP) is 1.32. The molecule has 108 valence electrons. The summed E-state index contributed by atoms with van der Waals surface area (Å²) < 4.78 is 13.0. The van der Waals surface area contributed by atoms with Crippen LogP contribution in [0.4, 0.5) is 0 Å². The van der Waals surface area contributed by atoms with Crippen molar-refractivity contribution in [3.8, 4) is 11.5 Å². The predicted molar refractivity (Wildman–Crippen MR) is 77.5 cm³/mol. The van der Waals surface area contributed by atoms with Crippen molar-refractivity contribution in [2.24, 2.45) is 12.1 Å². The third kappa shape index (κ3) is 2.89. The summed E-state index contributed by atoms with van der Waals surface area (Å²) in [5.74, 6) is 0.874. The fourth-order valence-electron chi connectivity index (χ4n) is 1.99. The second kappa shape index (κ2) is 5.70. The second-order valence-electron chi connectivity index (χ2n) is 4.64. The van der Waals surface area contributed by atoms with E-state index in [-0.39, 0.29) is 12.5 Å². The van der Waals surface area contributed by atoms with Crippen LogP contribution in [-0.4, -0.2) is 29.4 Å². The summed E-state index contributed by atoms with van der Waals surface area (Å²) in [6.07, 6.45) is 2.78. The lowest BCUT2D eigenvalue weighted by molar-refractivity contribution is -0.130. The summed E-state index contributed by atoms with van der Waals surface area (Å²) in [5, 5.41) is 3.92. The SMILES string of the molecule is Cn1cccc1C=NNC(=O)[C@@H]1COc2ccccc2O1. The number of hydrogen-bond acceptors (Lipinski definition) is 4. The van der Waals surface area contributed by atoms with Gasteiger partial charge in [0.25, 0.3) is 5.91 Å². The molecule has 0 aliphatic carbocycles. The Balaban J connectivity index is 1.60. The molecule has 0 bridgehead atoms. The first-order valence-electron chi connectivity index (χ1n) is 6.57. The summed E-state index contributed by atoms with van der Waals surface area (Å²) in [4.78, 5) is 12.0. The third-order valence-corrected chi connectivity index (χ3v) is 3.16. The molecule has 0 radical (unpaired) electrons. The lowest BCUT2D eigenvalue weighted by Gasteiger charge is -2.24. The Hall–Kier alpha value is -2.76. The third-order valence-electron chi connectivity index (χ3n) is 3.16. The van der Waals surface area contributed by atoms with Crippen LogP contribution in [0.5, 0.6) is 11.5 Å². The van der Waals surface area contributed by atoms with E-state index in [4.69, 9.17) is 9.47 Å². The quantitative estimate of drug-likeness (QED) is 0.683. The summed E-state index contributed by atoms with van der Waals surface area (Å²) in [6.45, 7) is 0.169. The Morgan fingerprint density at radius 2 is 2.14 bits per heavy atom. The van der Waals surface area contributed by atoms with Crippen molar-refractivity contribution in [2.75, 3.05) is 6.61 Å². The number of fused-ring (bicyclic) bond motifs is 1. The maximum absolute atomic E-state index is 12.0. The zero-order valence-electron chi connectivity index (χ0n) is 11.5. The van der Waals surface area contributed by atoms with Gasteiger partial charge in [-0.2, -0.15) is 5.10 Å². The molecule has 1 aromatic carbocycles. The van der Waals surface area contributed by atoms with E-state index in [2.05, 4.69) is 10.5 Å². The van der Waals surface area contributed by atoms with E-state index < -0.39 is 6.10 Å².